The number of phenolic OH excluding ortho intramolecular Hbond substituents is 2. The number of phenols is 2. The van der Waals surface area contributed by atoms with Gasteiger partial charge in [0, 0.05) is 29.4 Å². The molecule has 0 amide bonds. The Labute approximate surface area is 500 Å². The Morgan fingerprint density at radius 1 is 0.333 bits per heavy atom. The SMILES string of the molecule is CC(O)(COc1ccc(S(=O)c2ccc(OCC(C)(O)C(F)(F)F)cc2)cc1)C(F)(F)F.CC(O)(COc1ccc(Sc2ccc(OCC(C)(O)C(F)(F)F)cc2)cc1)C(F)(F)F.CCC(C)(O)C(F)(F)F.Oc1ccc(Sc2ccc(O)cc2)cc1. The summed E-state index contributed by atoms with van der Waals surface area (Å²) in [6, 6.07) is 36.8. The zero-order valence-electron chi connectivity index (χ0n) is 46.5. The van der Waals surface area contributed by atoms with E-state index in [4.69, 9.17) is 34.3 Å². The first kappa shape index (κ1) is 75.0. The average molecular weight is 1320 g/mol. The Morgan fingerprint density at radius 2 is 0.517 bits per heavy atom. The lowest BCUT2D eigenvalue weighted by Gasteiger charge is -2.26. The van der Waals surface area contributed by atoms with Gasteiger partial charge in [-0.2, -0.15) is 65.9 Å². The largest absolute Gasteiger partial charge is 0.508 e. The lowest BCUT2D eigenvalue weighted by Crippen LogP contribution is -2.47. The van der Waals surface area contributed by atoms with Crippen LogP contribution in [0.2, 0.25) is 0 Å². The molecule has 0 aromatic heterocycles. The number of alkyl halides is 15. The number of aliphatic hydroxyl groups is 5. The van der Waals surface area contributed by atoms with Gasteiger partial charge in [-0.1, -0.05) is 30.4 Å². The molecule has 0 heterocycles. The summed E-state index contributed by atoms with van der Waals surface area (Å²) in [5.74, 6) is 0.880. The van der Waals surface area contributed by atoms with Crippen molar-refractivity contribution in [2.24, 2.45) is 0 Å². The van der Waals surface area contributed by atoms with Crippen LogP contribution in [-0.2, 0) is 10.8 Å². The molecule has 0 aliphatic carbocycles. The first-order valence-corrected chi connectivity index (χ1v) is 27.7. The van der Waals surface area contributed by atoms with Crippen LogP contribution in [0.3, 0.4) is 0 Å². The molecule has 0 spiro atoms. The van der Waals surface area contributed by atoms with Gasteiger partial charge in [-0.3, -0.25) is 0 Å². The fourth-order valence-electron chi connectivity index (χ4n) is 5.39. The van der Waals surface area contributed by atoms with Crippen molar-refractivity contribution in [3.63, 3.8) is 0 Å². The molecule has 0 fully saturated rings. The summed E-state index contributed by atoms with van der Waals surface area (Å²) in [4.78, 5) is 4.13. The van der Waals surface area contributed by atoms with Gasteiger partial charge < -0.3 is 54.7 Å². The van der Waals surface area contributed by atoms with Gasteiger partial charge in [0.25, 0.3) is 0 Å². The normalized spacial score (nSPS) is 15.9. The van der Waals surface area contributed by atoms with Gasteiger partial charge in [0.2, 0.25) is 0 Å². The molecular weight excluding hydrogens is 1260 g/mol. The van der Waals surface area contributed by atoms with Gasteiger partial charge in [-0.05, 0) is 187 Å². The third-order valence-corrected chi connectivity index (χ3v) is 15.1. The van der Waals surface area contributed by atoms with E-state index in [2.05, 4.69) is 0 Å². The minimum atomic E-state index is -4.87. The number of aromatic hydroxyl groups is 2. The molecule has 6 aromatic rings. The van der Waals surface area contributed by atoms with Crippen molar-refractivity contribution in [3.05, 3.63) is 146 Å². The molecule has 7 N–H and O–H groups in total. The van der Waals surface area contributed by atoms with Crippen LogP contribution in [0.5, 0.6) is 34.5 Å². The molecule has 0 saturated heterocycles. The van der Waals surface area contributed by atoms with Crippen LogP contribution in [0.25, 0.3) is 0 Å². The highest BCUT2D eigenvalue weighted by Gasteiger charge is 2.53. The Hall–Kier alpha value is -6.28. The van der Waals surface area contributed by atoms with Crippen LogP contribution in [0.15, 0.2) is 175 Å². The van der Waals surface area contributed by atoms with E-state index in [1.54, 1.807) is 60.3 Å². The van der Waals surface area contributed by atoms with Crippen molar-refractivity contribution < 1.29 is 125 Å². The smallest absolute Gasteiger partial charge is 0.420 e. The number of halogens is 15. The van der Waals surface area contributed by atoms with E-state index in [1.165, 1.54) is 91.5 Å². The fourth-order valence-corrected chi connectivity index (χ4v) is 8.06. The molecule has 0 radical (unpaired) electrons. The highest BCUT2D eigenvalue weighted by molar-refractivity contribution is 7.99. The molecule has 6 aromatic carbocycles. The summed E-state index contributed by atoms with van der Waals surface area (Å²) in [5, 5.41) is 64.3. The van der Waals surface area contributed by atoms with Crippen LogP contribution in [0.4, 0.5) is 65.9 Å². The van der Waals surface area contributed by atoms with Gasteiger partial charge in [0.1, 0.15) is 60.9 Å². The fraction of sp³-hybridized carbons (Fsp3) is 0.368. The summed E-state index contributed by atoms with van der Waals surface area (Å²) in [5.41, 5.74) is -14.5. The van der Waals surface area contributed by atoms with E-state index in [9.17, 15) is 90.5 Å². The second-order valence-electron chi connectivity index (χ2n) is 19.7. The highest BCUT2D eigenvalue weighted by atomic mass is 32.2. The summed E-state index contributed by atoms with van der Waals surface area (Å²) < 4.78 is 219. The predicted octanol–water partition coefficient (Wildman–Crippen LogP) is 14.4. The minimum Gasteiger partial charge on any atom is -0.508 e. The van der Waals surface area contributed by atoms with Crippen molar-refractivity contribution in [3.8, 4) is 34.5 Å². The van der Waals surface area contributed by atoms with Crippen LogP contribution >= 0.6 is 23.5 Å². The molecule has 5 unspecified atom stereocenters. The van der Waals surface area contributed by atoms with E-state index in [-0.39, 0.29) is 50.7 Å². The Morgan fingerprint density at radius 3 is 0.690 bits per heavy atom. The van der Waals surface area contributed by atoms with Crippen LogP contribution in [0, 0.1) is 0 Å². The molecule has 482 valence electrons. The third kappa shape index (κ3) is 24.0. The Balaban J connectivity index is 0.000000333. The molecule has 87 heavy (non-hydrogen) atoms. The standard InChI is InChI=1S/C20H20F6O5S.C20H20F6O4S.C12H10O2S.C5H9F3O/c1-17(27,19(21,22)23)11-30-13-3-7-15(8-4-13)32(29)16-9-5-14(6-10-16)31-12-18(2,28)20(24,25)26;1-17(27,19(21,22)23)11-29-13-3-7-15(8-4-13)31-16-9-5-14(6-10-16)30-12-18(2,28)20(24,25)26;13-9-1-5-11(6-2-9)15-12-7-3-10(14)4-8-12;1-3-4(2,9)5(6,7)8/h3-10,27-28H,11-12H2,1-2H3;3-10,27-28H,11-12H2,1-2H3;1-8,13-14H;9H,3H2,1-2H3. The van der Waals surface area contributed by atoms with Crippen molar-refractivity contribution >= 4 is 34.3 Å². The highest BCUT2D eigenvalue weighted by Crippen LogP contribution is 2.37. The third-order valence-electron chi connectivity index (χ3n) is 11.7. The van der Waals surface area contributed by atoms with Gasteiger partial charge in [-0.25, -0.2) is 4.21 Å². The first-order valence-electron chi connectivity index (χ1n) is 24.9. The summed E-state index contributed by atoms with van der Waals surface area (Å²) in [7, 11) is -1.70. The molecule has 0 aliphatic heterocycles. The second-order valence-corrected chi connectivity index (χ2v) is 23.5. The first-order chi connectivity index (χ1) is 39.7. The maximum Gasteiger partial charge on any atom is 0.420 e. The zero-order chi connectivity index (χ0) is 66.3. The van der Waals surface area contributed by atoms with Crippen molar-refractivity contribution in [1.29, 1.82) is 0 Å². The van der Waals surface area contributed by atoms with E-state index in [0.717, 1.165) is 26.5 Å². The molecule has 30 heteroatoms. The van der Waals surface area contributed by atoms with Gasteiger partial charge in [0.05, 0.1) is 10.8 Å². The van der Waals surface area contributed by atoms with Gasteiger partial charge in [-0.15, -0.1) is 0 Å². The number of ether oxygens (including phenoxy) is 4. The number of benzene rings is 6. The minimum absolute atomic E-state index is 0.0238. The molecule has 5 atom stereocenters. The molecule has 0 saturated carbocycles. The topological polar surface area (TPSA) is 196 Å². The van der Waals surface area contributed by atoms with E-state index >= 15 is 0 Å². The van der Waals surface area contributed by atoms with Crippen molar-refractivity contribution in [2.75, 3.05) is 26.4 Å². The van der Waals surface area contributed by atoms with E-state index < -0.39 is 96.1 Å². The van der Waals surface area contributed by atoms with Gasteiger partial charge in [0.15, 0.2) is 28.0 Å². The lowest BCUT2D eigenvalue weighted by molar-refractivity contribution is -0.260. The molecule has 0 bridgehead atoms. The van der Waals surface area contributed by atoms with Crippen LogP contribution < -0.4 is 18.9 Å². The van der Waals surface area contributed by atoms with Gasteiger partial charge >= 0.3 is 30.9 Å². The molecule has 0 aliphatic rings. The second kappa shape index (κ2) is 30.3. The number of hydrogen-bond acceptors (Lipinski definition) is 14. The molecule has 12 nitrogen and oxygen atoms in total. The monoisotopic (exact) mass is 1320 g/mol. The summed E-state index contributed by atoms with van der Waals surface area (Å²) in [6.45, 7) is 0.479. The Kier molecular flexibility index (Phi) is 26.1. The van der Waals surface area contributed by atoms with Crippen LogP contribution in [0.1, 0.15) is 48.0 Å². The number of rotatable bonds is 19. The van der Waals surface area contributed by atoms with Crippen molar-refractivity contribution in [2.45, 2.75) is 136 Å². The zero-order valence-corrected chi connectivity index (χ0v) is 48.9. The van der Waals surface area contributed by atoms with Crippen LogP contribution in [-0.4, -0.2) is 125 Å². The van der Waals surface area contributed by atoms with E-state index in [1.807, 2.05) is 24.3 Å². The van der Waals surface area contributed by atoms with Crippen molar-refractivity contribution in [1.82, 2.24) is 0 Å². The Bertz CT molecular complexity index is 2850. The molecular formula is C57H59F15O12S3. The average Bonchev–Trinajstić information content (AvgIpc) is 2.53. The molecule has 6 rings (SSSR count). The summed E-state index contributed by atoms with van der Waals surface area (Å²) >= 11 is 2.87. The number of hydrogen-bond donors (Lipinski definition) is 7. The quantitative estimate of drug-likeness (QED) is 0.0378. The maximum absolute atomic E-state index is 12.6. The summed E-state index contributed by atoms with van der Waals surface area (Å²) in [6.07, 6.45) is -24.2. The predicted molar refractivity (Wildman–Crippen MR) is 291 cm³/mol. The maximum atomic E-state index is 12.6. The lowest BCUT2D eigenvalue weighted by atomic mass is 10.0. The van der Waals surface area contributed by atoms with E-state index in [0.29, 0.717) is 27.7 Å².